The molecule has 0 spiro atoms. The number of benzene rings is 1. The molecule has 2 rings (SSSR count). The molecule has 0 aliphatic rings. The van der Waals surface area contributed by atoms with E-state index in [0.29, 0.717) is 10.7 Å². The van der Waals surface area contributed by atoms with Crippen molar-refractivity contribution in [2.24, 2.45) is 13.0 Å². The van der Waals surface area contributed by atoms with Gasteiger partial charge in [0.2, 0.25) is 5.91 Å². The lowest BCUT2D eigenvalue weighted by Gasteiger charge is -2.21. The average Bonchev–Trinajstić information content (AvgIpc) is 2.89. The number of aryl methyl sites for hydroxylation is 1. The predicted octanol–water partition coefficient (Wildman–Crippen LogP) is 3.12. The third kappa shape index (κ3) is 4.49. The number of hydrogen-bond acceptors (Lipinski definition) is 3. The molecule has 0 radical (unpaired) electrons. The second kappa shape index (κ2) is 7.68. The van der Waals surface area contributed by atoms with Gasteiger partial charge >= 0.3 is 0 Å². The molecular weight excluding hydrogens is 351 g/mol. The Morgan fingerprint density at radius 1 is 1.25 bits per heavy atom. The normalized spacial score (nSPS) is 12.1. The quantitative estimate of drug-likeness (QED) is 0.850. The van der Waals surface area contributed by atoms with Crippen molar-refractivity contribution in [3.05, 3.63) is 46.2 Å². The van der Waals surface area contributed by atoms with Gasteiger partial charge in [-0.1, -0.05) is 37.0 Å². The van der Waals surface area contributed by atoms with Gasteiger partial charge in [-0.05, 0) is 24.1 Å². The molecule has 6 nitrogen and oxygen atoms in total. The van der Waals surface area contributed by atoms with E-state index in [4.69, 9.17) is 23.2 Å². The molecule has 2 aromatic rings. The molecule has 0 fully saturated rings. The van der Waals surface area contributed by atoms with Gasteiger partial charge in [0.25, 0.3) is 5.91 Å². The molecule has 1 aromatic heterocycles. The zero-order valence-corrected chi connectivity index (χ0v) is 15.0. The van der Waals surface area contributed by atoms with Gasteiger partial charge in [0.1, 0.15) is 6.04 Å². The zero-order chi connectivity index (χ0) is 17.9. The highest BCUT2D eigenvalue weighted by Crippen LogP contribution is 2.21. The highest BCUT2D eigenvalue weighted by molar-refractivity contribution is 6.36. The summed E-state index contributed by atoms with van der Waals surface area (Å²) in [6.45, 7) is 3.69. The molecule has 1 aromatic carbocycles. The highest BCUT2D eigenvalue weighted by Gasteiger charge is 2.25. The van der Waals surface area contributed by atoms with E-state index in [2.05, 4.69) is 15.7 Å². The van der Waals surface area contributed by atoms with Crippen molar-refractivity contribution in [1.29, 1.82) is 0 Å². The predicted molar refractivity (Wildman–Crippen MR) is 94.4 cm³/mol. The zero-order valence-electron chi connectivity index (χ0n) is 13.5. The van der Waals surface area contributed by atoms with Crippen molar-refractivity contribution >= 4 is 40.7 Å². The topological polar surface area (TPSA) is 76.0 Å². The van der Waals surface area contributed by atoms with Gasteiger partial charge in [-0.25, -0.2) is 0 Å². The molecule has 0 saturated carbocycles. The van der Waals surface area contributed by atoms with Crippen molar-refractivity contribution in [3.63, 3.8) is 0 Å². The number of amides is 2. The monoisotopic (exact) mass is 368 g/mol. The standard InChI is InChI=1S/C16H18Cl2N4O2/c1-9(2)14(16(24)20-11-7-19-22(3)8-11)21-15(23)12-5-4-10(17)6-13(12)18/h4-9,14H,1-3H3,(H,20,24)(H,21,23)/t14-/m1/s1. The van der Waals surface area contributed by atoms with E-state index in [1.165, 1.54) is 18.3 Å². The lowest BCUT2D eigenvalue weighted by molar-refractivity contribution is -0.118. The molecule has 1 heterocycles. The molecule has 24 heavy (non-hydrogen) atoms. The average molecular weight is 369 g/mol. The number of aromatic nitrogens is 2. The summed E-state index contributed by atoms with van der Waals surface area (Å²) in [7, 11) is 1.75. The summed E-state index contributed by atoms with van der Waals surface area (Å²) in [5.41, 5.74) is 0.827. The molecule has 2 N–H and O–H groups in total. The Morgan fingerprint density at radius 3 is 2.50 bits per heavy atom. The van der Waals surface area contributed by atoms with Crippen LogP contribution < -0.4 is 10.6 Å². The summed E-state index contributed by atoms with van der Waals surface area (Å²) in [6, 6.07) is 3.86. The largest absolute Gasteiger partial charge is 0.340 e. The Bertz CT molecular complexity index is 758. The summed E-state index contributed by atoms with van der Waals surface area (Å²) in [6.07, 6.45) is 3.21. The number of carbonyl (C=O) groups excluding carboxylic acids is 2. The second-order valence-electron chi connectivity index (χ2n) is 5.71. The summed E-state index contributed by atoms with van der Waals surface area (Å²) < 4.78 is 1.58. The van der Waals surface area contributed by atoms with Gasteiger partial charge in [-0.3, -0.25) is 14.3 Å². The molecular formula is C16H18Cl2N4O2. The van der Waals surface area contributed by atoms with Crippen molar-refractivity contribution < 1.29 is 9.59 Å². The lowest BCUT2D eigenvalue weighted by Crippen LogP contribution is -2.47. The fourth-order valence-electron chi connectivity index (χ4n) is 2.13. The van der Waals surface area contributed by atoms with Gasteiger partial charge in [0, 0.05) is 18.3 Å². The van der Waals surface area contributed by atoms with Crippen LogP contribution >= 0.6 is 23.2 Å². The summed E-state index contributed by atoms with van der Waals surface area (Å²) >= 11 is 11.9. The Morgan fingerprint density at radius 2 is 1.96 bits per heavy atom. The maximum atomic E-state index is 12.5. The van der Waals surface area contributed by atoms with Crippen molar-refractivity contribution in [1.82, 2.24) is 15.1 Å². The second-order valence-corrected chi connectivity index (χ2v) is 6.55. The molecule has 128 valence electrons. The SMILES string of the molecule is CC(C)[C@@H](NC(=O)c1ccc(Cl)cc1Cl)C(=O)Nc1cnn(C)c1. The van der Waals surface area contributed by atoms with Crippen molar-refractivity contribution in [2.75, 3.05) is 5.32 Å². The molecule has 1 atom stereocenters. The third-order valence-electron chi connectivity index (χ3n) is 3.38. The number of halogens is 2. The fourth-order valence-corrected chi connectivity index (χ4v) is 2.63. The minimum absolute atomic E-state index is 0.114. The first-order chi connectivity index (χ1) is 11.3. The minimum atomic E-state index is -0.718. The van der Waals surface area contributed by atoms with Gasteiger partial charge < -0.3 is 10.6 Å². The number of anilines is 1. The molecule has 0 saturated heterocycles. The van der Waals surface area contributed by atoms with Crippen LogP contribution in [-0.2, 0) is 11.8 Å². The highest BCUT2D eigenvalue weighted by atomic mass is 35.5. The Hall–Kier alpha value is -2.05. The molecule has 0 aliphatic carbocycles. The van der Waals surface area contributed by atoms with Crippen LogP contribution in [0.1, 0.15) is 24.2 Å². The van der Waals surface area contributed by atoms with E-state index in [0.717, 1.165) is 0 Å². The maximum absolute atomic E-state index is 12.5. The van der Waals surface area contributed by atoms with E-state index >= 15 is 0 Å². The van der Waals surface area contributed by atoms with E-state index < -0.39 is 11.9 Å². The first-order valence-electron chi connectivity index (χ1n) is 7.33. The lowest BCUT2D eigenvalue weighted by atomic mass is 10.0. The number of carbonyl (C=O) groups is 2. The van der Waals surface area contributed by atoms with E-state index in [1.54, 1.807) is 24.0 Å². The van der Waals surface area contributed by atoms with Gasteiger partial charge in [0.05, 0.1) is 22.5 Å². The number of hydrogen-bond donors (Lipinski definition) is 2. The first kappa shape index (κ1) is 18.3. The Balaban J connectivity index is 2.12. The van der Waals surface area contributed by atoms with Crippen molar-refractivity contribution in [3.8, 4) is 0 Å². The van der Waals surface area contributed by atoms with Crippen LogP contribution in [-0.4, -0.2) is 27.6 Å². The van der Waals surface area contributed by atoms with E-state index in [1.807, 2.05) is 13.8 Å². The van der Waals surface area contributed by atoms with Crippen LogP contribution in [0.3, 0.4) is 0 Å². The van der Waals surface area contributed by atoms with E-state index in [-0.39, 0.29) is 22.4 Å². The number of nitrogens with one attached hydrogen (secondary N) is 2. The fraction of sp³-hybridized carbons (Fsp3) is 0.312. The van der Waals surface area contributed by atoms with Crippen LogP contribution in [0.5, 0.6) is 0 Å². The smallest absolute Gasteiger partial charge is 0.253 e. The number of nitrogens with zero attached hydrogens (tertiary/aromatic N) is 2. The number of rotatable bonds is 5. The van der Waals surface area contributed by atoms with Crippen LogP contribution in [0.4, 0.5) is 5.69 Å². The molecule has 0 unspecified atom stereocenters. The summed E-state index contributed by atoms with van der Waals surface area (Å²) in [5, 5.41) is 10.1. The van der Waals surface area contributed by atoms with Crippen LogP contribution in [0, 0.1) is 5.92 Å². The molecule has 2 amide bonds. The minimum Gasteiger partial charge on any atom is -0.340 e. The van der Waals surface area contributed by atoms with E-state index in [9.17, 15) is 9.59 Å². The molecule has 8 heteroatoms. The molecule has 0 bridgehead atoms. The van der Waals surface area contributed by atoms with Gasteiger partial charge in [0.15, 0.2) is 0 Å². The summed E-state index contributed by atoms with van der Waals surface area (Å²) in [5.74, 6) is -0.871. The van der Waals surface area contributed by atoms with Gasteiger partial charge in [-0.2, -0.15) is 5.10 Å². The van der Waals surface area contributed by atoms with Crippen LogP contribution in [0.25, 0.3) is 0 Å². The Kier molecular flexibility index (Phi) is 5.85. The Labute approximate surface area is 150 Å². The maximum Gasteiger partial charge on any atom is 0.253 e. The summed E-state index contributed by atoms with van der Waals surface area (Å²) in [4.78, 5) is 24.9. The van der Waals surface area contributed by atoms with Crippen LogP contribution in [0.15, 0.2) is 30.6 Å². The van der Waals surface area contributed by atoms with Crippen LogP contribution in [0.2, 0.25) is 10.0 Å². The van der Waals surface area contributed by atoms with Gasteiger partial charge in [-0.15, -0.1) is 0 Å². The van der Waals surface area contributed by atoms with Crippen molar-refractivity contribution in [2.45, 2.75) is 19.9 Å². The first-order valence-corrected chi connectivity index (χ1v) is 8.09. The third-order valence-corrected chi connectivity index (χ3v) is 3.93. The molecule has 0 aliphatic heterocycles.